The molecule has 0 saturated carbocycles. The van der Waals surface area contributed by atoms with E-state index in [9.17, 15) is 9.59 Å². The van der Waals surface area contributed by atoms with Gasteiger partial charge in [-0.25, -0.2) is 9.79 Å². The molecule has 0 fully saturated rings. The maximum Gasteiger partial charge on any atom is 0.338 e. The highest BCUT2D eigenvalue weighted by molar-refractivity contribution is 8.16. The average molecular weight is 504 g/mol. The number of aryl methyl sites for hydroxylation is 2. The number of carbonyl (C=O) groups is 2. The molecular formula is C29H33N3O3S. The molecule has 7 heteroatoms. The summed E-state index contributed by atoms with van der Waals surface area (Å²) in [5.41, 5.74) is 5.91. The lowest BCUT2D eigenvalue weighted by atomic mass is 9.88. The molecule has 1 amide bonds. The summed E-state index contributed by atoms with van der Waals surface area (Å²) in [5.74, 6) is -0.0833. The van der Waals surface area contributed by atoms with Crippen molar-refractivity contribution in [3.63, 3.8) is 0 Å². The van der Waals surface area contributed by atoms with E-state index in [0.29, 0.717) is 23.7 Å². The first kappa shape index (κ1) is 25.8. The van der Waals surface area contributed by atoms with E-state index in [1.165, 1.54) is 11.8 Å². The predicted molar refractivity (Wildman–Crippen MR) is 146 cm³/mol. The predicted octanol–water partition coefficient (Wildman–Crippen LogP) is 5.74. The number of benzene rings is 2. The number of amides is 1. The monoisotopic (exact) mass is 503 g/mol. The minimum Gasteiger partial charge on any atom is -0.463 e. The van der Waals surface area contributed by atoms with E-state index >= 15 is 0 Å². The van der Waals surface area contributed by atoms with E-state index in [1.807, 2.05) is 54.5 Å². The first-order chi connectivity index (χ1) is 17.3. The Balaban J connectivity index is 1.87. The largest absolute Gasteiger partial charge is 0.463 e. The maximum atomic E-state index is 13.6. The van der Waals surface area contributed by atoms with E-state index in [1.54, 1.807) is 6.92 Å². The second-order valence-corrected chi connectivity index (χ2v) is 10.3. The van der Waals surface area contributed by atoms with Crippen molar-refractivity contribution in [2.75, 3.05) is 13.2 Å². The van der Waals surface area contributed by atoms with Crippen LogP contribution < -0.4 is 5.32 Å². The number of fused-ring (bicyclic) bond motifs is 1. The highest BCUT2D eigenvalue weighted by Gasteiger charge is 2.42. The third-order valence-corrected chi connectivity index (χ3v) is 7.02. The molecule has 0 aromatic heterocycles. The first-order valence-electron chi connectivity index (χ1n) is 12.3. The lowest BCUT2D eigenvalue weighted by Gasteiger charge is -2.37. The molecule has 1 N–H and O–H groups in total. The highest BCUT2D eigenvalue weighted by atomic mass is 32.2. The number of carbonyl (C=O) groups excluding carboxylic acids is 2. The van der Waals surface area contributed by atoms with Crippen LogP contribution in [0.3, 0.4) is 0 Å². The molecule has 0 bridgehead atoms. The van der Waals surface area contributed by atoms with Crippen molar-refractivity contribution >= 4 is 34.5 Å². The van der Waals surface area contributed by atoms with Gasteiger partial charge in [-0.15, -0.1) is 0 Å². The van der Waals surface area contributed by atoms with E-state index in [-0.39, 0.29) is 18.9 Å². The van der Waals surface area contributed by atoms with Crippen LogP contribution in [0.2, 0.25) is 0 Å². The molecule has 6 nitrogen and oxygen atoms in total. The second-order valence-electron chi connectivity index (χ2n) is 9.48. The number of ether oxygens (including phenoxy) is 1. The highest BCUT2D eigenvalue weighted by Crippen LogP contribution is 2.47. The number of rotatable bonds is 8. The van der Waals surface area contributed by atoms with Crippen LogP contribution in [0.25, 0.3) is 5.70 Å². The van der Waals surface area contributed by atoms with Gasteiger partial charge in [0, 0.05) is 17.8 Å². The van der Waals surface area contributed by atoms with Gasteiger partial charge in [0.15, 0.2) is 5.17 Å². The molecule has 1 atom stereocenters. The molecule has 0 aliphatic carbocycles. The van der Waals surface area contributed by atoms with E-state index in [4.69, 9.17) is 9.73 Å². The third-order valence-electron chi connectivity index (χ3n) is 6.13. The smallest absolute Gasteiger partial charge is 0.338 e. The maximum absolute atomic E-state index is 13.6. The minimum absolute atomic E-state index is 0.0490. The Kier molecular flexibility index (Phi) is 7.99. The zero-order valence-corrected chi connectivity index (χ0v) is 22.3. The van der Waals surface area contributed by atoms with Gasteiger partial charge in [0.1, 0.15) is 0 Å². The SMILES string of the molecule is CCOC(=O)C1=C(c2ccccc2)N=C2SC=C(CC(=O)NCC(C)C)N2C1c1cc(C)ccc1C. The molecule has 1 unspecified atom stereocenters. The number of hydrogen-bond donors (Lipinski definition) is 1. The van der Waals surface area contributed by atoms with Gasteiger partial charge in [-0.05, 0) is 43.2 Å². The lowest BCUT2D eigenvalue weighted by molar-refractivity contribution is -0.139. The number of esters is 1. The topological polar surface area (TPSA) is 71.0 Å². The van der Waals surface area contributed by atoms with Crippen molar-refractivity contribution in [2.45, 2.75) is 47.1 Å². The molecule has 0 saturated heterocycles. The van der Waals surface area contributed by atoms with Gasteiger partial charge >= 0.3 is 5.97 Å². The average Bonchev–Trinajstić information content (AvgIpc) is 3.26. The van der Waals surface area contributed by atoms with Crippen LogP contribution in [-0.4, -0.2) is 35.1 Å². The quantitative estimate of drug-likeness (QED) is 0.465. The summed E-state index contributed by atoms with van der Waals surface area (Å²) in [5, 5.41) is 5.73. The van der Waals surface area contributed by atoms with Crippen molar-refractivity contribution in [3.8, 4) is 0 Å². The number of nitrogens with one attached hydrogen (secondary N) is 1. The van der Waals surface area contributed by atoms with Gasteiger partial charge < -0.3 is 15.0 Å². The van der Waals surface area contributed by atoms with Crippen LogP contribution in [-0.2, 0) is 14.3 Å². The van der Waals surface area contributed by atoms with Gasteiger partial charge in [0.05, 0.1) is 30.3 Å². The molecule has 188 valence electrons. The van der Waals surface area contributed by atoms with Crippen LogP contribution in [0.4, 0.5) is 0 Å². The Hall–Kier alpha value is -3.32. The molecule has 0 spiro atoms. The lowest BCUT2D eigenvalue weighted by Crippen LogP contribution is -2.38. The summed E-state index contributed by atoms with van der Waals surface area (Å²) >= 11 is 1.48. The van der Waals surface area contributed by atoms with Gasteiger partial charge in [-0.3, -0.25) is 4.79 Å². The molecule has 36 heavy (non-hydrogen) atoms. The summed E-state index contributed by atoms with van der Waals surface area (Å²) in [6.07, 6.45) is 0.205. The zero-order valence-electron chi connectivity index (χ0n) is 21.5. The first-order valence-corrected chi connectivity index (χ1v) is 13.2. The Bertz CT molecular complexity index is 1250. The molecule has 0 radical (unpaired) electrons. The van der Waals surface area contributed by atoms with Crippen LogP contribution in [0.1, 0.15) is 55.5 Å². The fourth-order valence-electron chi connectivity index (χ4n) is 4.38. The second kappa shape index (κ2) is 11.2. The van der Waals surface area contributed by atoms with Crippen LogP contribution in [0.15, 0.2) is 70.2 Å². The fourth-order valence-corrected chi connectivity index (χ4v) is 5.30. The molecule has 2 aromatic carbocycles. The number of aliphatic imine (C=N–C) groups is 1. The molecule has 2 aliphatic rings. The summed E-state index contributed by atoms with van der Waals surface area (Å²) < 4.78 is 5.59. The van der Waals surface area contributed by atoms with Crippen LogP contribution in [0.5, 0.6) is 0 Å². The Labute approximate surface area is 217 Å². The Morgan fingerprint density at radius 1 is 1.14 bits per heavy atom. The van der Waals surface area contributed by atoms with Crippen LogP contribution in [0, 0.1) is 19.8 Å². The van der Waals surface area contributed by atoms with Crippen molar-refractivity contribution in [3.05, 3.63) is 87.5 Å². The van der Waals surface area contributed by atoms with Crippen molar-refractivity contribution in [1.82, 2.24) is 10.2 Å². The van der Waals surface area contributed by atoms with E-state index in [0.717, 1.165) is 33.1 Å². The van der Waals surface area contributed by atoms with Gasteiger partial charge in [-0.2, -0.15) is 0 Å². The summed E-state index contributed by atoms with van der Waals surface area (Å²) in [6, 6.07) is 15.5. The standard InChI is InChI=1S/C29H33N3O3S/c1-6-35-28(34)25-26(21-10-8-7-9-11-21)31-29-32(27(25)23-14-19(4)12-13-20(23)5)22(17-36-29)15-24(33)30-16-18(2)3/h7-14,17-18,27H,6,15-16H2,1-5H3,(H,30,33). The minimum atomic E-state index is -0.467. The molecule has 2 heterocycles. The van der Waals surface area contributed by atoms with Crippen LogP contribution >= 0.6 is 11.8 Å². The van der Waals surface area contributed by atoms with Crippen molar-refractivity contribution < 1.29 is 14.3 Å². The third kappa shape index (κ3) is 5.41. The van der Waals surface area contributed by atoms with Gasteiger partial charge in [0.25, 0.3) is 0 Å². The van der Waals surface area contributed by atoms with E-state index in [2.05, 4.69) is 37.4 Å². The summed E-state index contributed by atoms with van der Waals surface area (Å²) in [7, 11) is 0. The number of nitrogens with zero attached hydrogens (tertiary/aromatic N) is 2. The molecule has 2 aliphatic heterocycles. The zero-order chi connectivity index (χ0) is 25.8. The summed E-state index contributed by atoms with van der Waals surface area (Å²) in [6.45, 7) is 10.9. The summed E-state index contributed by atoms with van der Waals surface area (Å²) in [4.78, 5) is 33.4. The normalized spacial score (nSPS) is 17.1. The van der Waals surface area contributed by atoms with Gasteiger partial charge in [-0.1, -0.05) is 79.7 Å². The van der Waals surface area contributed by atoms with Gasteiger partial charge in [0.2, 0.25) is 5.91 Å². The molecule has 2 aromatic rings. The van der Waals surface area contributed by atoms with E-state index < -0.39 is 12.0 Å². The van der Waals surface area contributed by atoms with Crippen molar-refractivity contribution in [1.29, 1.82) is 0 Å². The number of amidine groups is 1. The molecular weight excluding hydrogens is 470 g/mol. The number of hydrogen-bond acceptors (Lipinski definition) is 6. The fraction of sp³-hybridized carbons (Fsp3) is 0.345. The Morgan fingerprint density at radius 3 is 2.58 bits per heavy atom. The molecule has 4 rings (SSSR count). The van der Waals surface area contributed by atoms with Crippen molar-refractivity contribution in [2.24, 2.45) is 10.9 Å². The number of thioether (sulfide) groups is 1. The Morgan fingerprint density at radius 2 is 1.89 bits per heavy atom.